The van der Waals surface area contributed by atoms with Crippen molar-refractivity contribution in [3.63, 3.8) is 0 Å². The standard InChI is InChI=1S/C11H13BrN2O3/c1-2-6(5-15)9-11(16)14-10-8(17-9)3-7(12)4-13-10/h3-4,6,9,15H,2,5H2,1H3,(H,13,14,16). The lowest BCUT2D eigenvalue weighted by molar-refractivity contribution is -0.126. The Bertz CT molecular complexity index is 435. The molecule has 2 unspecified atom stereocenters. The fourth-order valence-electron chi connectivity index (χ4n) is 1.73. The summed E-state index contributed by atoms with van der Waals surface area (Å²) in [5, 5.41) is 11.9. The van der Waals surface area contributed by atoms with Gasteiger partial charge < -0.3 is 15.2 Å². The van der Waals surface area contributed by atoms with Gasteiger partial charge in [0.1, 0.15) is 0 Å². The highest BCUT2D eigenvalue weighted by Crippen LogP contribution is 2.32. The van der Waals surface area contributed by atoms with E-state index in [1.165, 1.54) is 0 Å². The van der Waals surface area contributed by atoms with Crippen LogP contribution in [0.1, 0.15) is 13.3 Å². The van der Waals surface area contributed by atoms with E-state index in [0.29, 0.717) is 18.0 Å². The Kier molecular flexibility index (Phi) is 3.63. The molecule has 0 aliphatic carbocycles. The molecule has 2 heterocycles. The minimum Gasteiger partial charge on any atom is -0.476 e. The zero-order valence-electron chi connectivity index (χ0n) is 9.31. The summed E-state index contributed by atoms with van der Waals surface area (Å²) in [4.78, 5) is 15.9. The third kappa shape index (κ3) is 2.42. The van der Waals surface area contributed by atoms with Crippen molar-refractivity contribution >= 4 is 27.7 Å². The molecule has 2 atom stereocenters. The first-order chi connectivity index (χ1) is 8.15. The maximum Gasteiger partial charge on any atom is 0.267 e. The van der Waals surface area contributed by atoms with Crippen LogP contribution in [0.3, 0.4) is 0 Å². The molecule has 1 amide bonds. The van der Waals surface area contributed by atoms with Gasteiger partial charge in [-0.15, -0.1) is 0 Å². The van der Waals surface area contributed by atoms with Crippen molar-refractivity contribution in [1.82, 2.24) is 4.98 Å². The number of aliphatic hydroxyl groups is 1. The zero-order chi connectivity index (χ0) is 12.4. The lowest BCUT2D eigenvalue weighted by Gasteiger charge is -2.29. The van der Waals surface area contributed by atoms with E-state index in [1.807, 2.05) is 6.92 Å². The lowest BCUT2D eigenvalue weighted by atomic mass is 9.99. The van der Waals surface area contributed by atoms with Crippen LogP contribution in [0.2, 0.25) is 0 Å². The Labute approximate surface area is 107 Å². The maximum absolute atomic E-state index is 11.8. The number of halogens is 1. The number of pyridine rings is 1. The van der Waals surface area contributed by atoms with Crippen molar-refractivity contribution in [3.8, 4) is 5.75 Å². The van der Waals surface area contributed by atoms with Gasteiger partial charge in [-0.25, -0.2) is 4.98 Å². The fourth-order valence-corrected chi connectivity index (χ4v) is 2.04. The molecule has 2 rings (SSSR count). The van der Waals surface area contributed by atoms with Gasteiger partial charge in [0, 0.05) is 23.2 Å². The normalized spacial score (nSPS) is 20.2. The Balaban J connectivity index is 2.28. The van der Waals surface area contributed by atoms with Crippen molar-refractivity contribution in [2.45, 2.75) is 19.4 Å². The van der Waals surface area contributed by atoms with Gasteiger partial charge in [-0.2, -0.15) is 0 Å². The van der Waals surface area contributed by atoms with Crippen molar-refractivity contribution in [1.29, 1.82) is 0 Å². The minimum atomic E-state index is -0.659. The number of anilines is 1. The van der Waals surface area contributed by atoms with Gasteiger partial charge in [0.05, 0.1) is 0 Å². The minimum absolute atomic E-state index is 0.0780. The molecule has 6 heteroatoms. The molecule has 1 aliphatic rings. The van der Waals surface area contributed by atoms with Gasteiger partial charge in [-0.1, -0.05) is 6.92 Å². The molecule has 92 valence electrons. The SMILES string of the molecule is CCC(CO)C1Oc2cc(Br)cnc2NC1=O. The Morgan fingerprint density at radius 3 is 3.12 bits per heavy atom. The number of aliphatic hydroxyl groups excluding tert-OH is 1. The van der Waals surface area contributed by atoms with Crippen LogP contribution < -0.4 is 10.1 Å². The maximum atomic E-state index is 11.8. The first-order valence-electron chi connectivity index (χ1n) is 5.39. The Morgan fingerprint density at radius 1 is 1.71 bits per heavy atom. The average Bonchev–Trinajstić information content (AvgIpc) is 2.32. The third-order valence-electron chi connectivity index (χ3n) is 2.76. The van der Waals surface area contributed by atoms with Crippen molar-refractivity contribution in [2.75, 3.05) is 11.9 Å². The van der Waals surface area contributed by atoms with Gasteiger partial charge in [-0.05, 0) is 28.4 Å². The third-order valence-corrected chi connectivity index (χ3v) is 3.19. The van der Waals surface area contributed by atoms with Crippen molar-refractivity contribution in [3.05, 3.63) is 16.7 Å². The monoisotopic (exact) mass is 300 g/mol. The summed E-state index contributed by atoms with van der Waals surface area (Å²) >= 11 is 3.29. The zero-order valence-corrected chi connectivity index (χ0v) is 10.9. The number of carbonyl (C=O) groups excluding carboxylic acids is 1. The number of rotatable bonds is 3. The number of aromatic nitrogens is 1. The van der Waals surface area contributed by atoms with Crippen LogP contribution in [0.15, 0.2) is 16.7 Å². The van der Waals surface area contributed by atoms with Crippen LogP contribution >= 0.6 is 15.9 Å². The number of fused-ring (bicyclic) bond motifs is 1. The smallest absolute Gasteiger partial charge is 0.267 e. The number of nitrogens with one attached hydrogen (secondary N) is 1. The van der Waals surface area contributed by atoms with Crippen molar-refractivity contribution in [2.24, 2.45) is 5.92 Å². The van der Waals surface area contributed by atoms with Crippen LogP contribution in [0.4, 0.5) is 5.82 Å². The summed E-state index contributed by atoms with van der Waals surface area (Å²) in [5.41, 5.74) is 0. The molecule has 1 aromatic rings. The van der Waals surface area contributed by atoms with E-state index >= 15 is 0 Å². The molecule has 1 aromatic heterocycles. The summed E-state index contributed by atoms with van der Waals surface area (Å²) in [6.45, 7) is 1.83. The van der Waals surface area contributed by atoms with E-state index in [0.717, 1.165) is 4.47 Å². The molecule has 17 heavy (non-hydrogen) atoms. The fraction of sp³-hybridized carbons (Fsp3) is 0.455. The topological polar surface area (TPSA) is 71.5 Å². The predicted molar refractivity (Wildman–Crippen MR) is 65.8 cm³/mol. The molecule has 0 saturated carbocycles. The second-order valence-electron chi connectivity index (χ2n) is 3.88. The highest BCUT2D eigenvalue weighted by molar-refractivity contribution is 9.10. The first kappa shape index (κ1) is 12.3. The molecule has 0 radical (unpaired) electrons. The molecule has 2 N–H and O–H groups in total. The molecular formula is C11H13BrN2O3. The van der Waals surface area contributed by atoms with E-state index in [-0.39, 0.29) is 18.4 Å². The van der Waals surface area contributed by atoms with E-state index in [2.05, 4.69) is 26.2 Å². The summed E-state index contributed by atoms with van der Waals surface area (Å²) in [6, 6.07) is 1.75. The molecule has 0 aromatic carbocycles. The Morgan fingerprint density at radius 2 is 2.47 bits per heavy atom. The number of amides is 1. The lowest BCUT2D eigenvalue weighted by Crippen LogP contribution is -2.43. The van der Waals surface area contributed by atoms with Crippen molar-refractivity contribution < 1.29 is 14.6 Å². The van der Waals surface area contributed by atoms with E-state index in [4.69, 9.17) is 4.74 Å². The van der Waals surface area contributed by atoms with Gasteiger partial charge in [0.25, 0.3) is 5.91 Å². The van der Waals surface area contributed by atoms with Gasteiger partial charge in [-0.3, -0.25) is 4.79 Å². The second-order valence-corrected chi connectivity index (χ2v) is 4.79. The van der Waals surface area contributed by atoms with Crippen LogP contribution in [-0.2, 0) is 4.79 Å². The highest BCUT2D eigenvalue weighted by atomic mass is 79.9. The number of nitrogens with zero attached hydrogens (tertiary/aromatic N) is 1. The van der Waals surface area contributed by atoms with E-state index in [9.17, 15) is 9.90 Å². The predicted octanol–water partition coefficient (Wildman–Crippen LogP) is 1.56. The van der Waals surface area contributed by atoms with Gasteiger partial charge >= 0.3 is 0 Å². The van der Waals surface area contributed by atoms with Gasteiger partial charge in [0.2, 0.25) is 0 Å². The van der Waals surface area contributed by atoms with Gasteiger partial charge in [0.15, 0.2) is 17.7 Å². The molecule has 5 nitrogen and oxygen atoms in total. The summed E-state index contributed by atoms with van der Waals surface area (Å²) < 4.78 is 6.39. The second kappa shape index (κ2) is 5.01. The summed E-state index contributed by atoms with van der Waals surface area (Å²) in [6.07, 6.45) is 1.60. The number of hydrogen-bond acceptors (Lipinski definition) is 4. The summed E-state index contributed by atoms with van der Waals surface area (Å²) in [7, 11) is 0. The van der Waals surface area contributed by atoms with Crippen LogP contribution in [0.25, 0.3) is 0 Å². The summed E-state index contributed by atoms with van der Waals surface area (Å²) in [5.74, 6) is 0.480. The molecule has 1 aliphatic heterocycles. The Hall–Kier alpha value is -1.14. The molecule has 0 fully saturated rings. The van der Waals surface area contributed by atoms with Crippen LogP contribution in [0, 0.1) is 5.92 Å². The number of ether oxygens (including phenoxy) is 1. The van der Waals surface area contributed by atoms with Crippen LogP contribution in [0.5, 0.6) is 5.75 Å². The average molecular weight is 301 g/mol. The molecular weight excluding hydrogens is 288 g/mol. The van der Waals surface area contributed by atoms with Crippen LogP contribution in [-0.4, -0.2) is 28.7 Å². The van der Waals surface area contributed by atoms with E-state index < -0.39 is 6.10 Å². The quantitative estimate of drug-likeness (QED) is 0.889. The number of carbonyl (C=O) groups is 1. The molecule has 0 spiro atoms. The molecule has 0 saturated heterocycles. The largest absolute Gasteiger partial charge is 0.476 e. The van der Waals surface area contributed by atoms with E-state index in [1.54, 1.807) is 12.3 Å². The number of hydrogen-bond donors (Lipinski definition) is 2. The first-order valence-corrected chi connectivity index (χ1v) is 6.19. The highest BCUT2D eigenvalue weighted by Gasteiger charge is 2.34. The molecule has 0 bridgehead atoms.